The number of hydrogen-bond donors (Lipinski definition) is 1. The number of thiophene rings is 1. The minimum Gasteiger partial charge on any atom is -0.321 e. The van der Waals surface area contributed by atoms with Gasteiger partial charge in [-0.15, -0.1) is 11.3 Å². The van der Waals surface area contributed by atoms with Gasteiger partial charge in [0, 0.05) is 23.7 Å². The van der Waals surface area contributed by atoms with Crippen molar-refractivity contribution in [2.24, 2.45) is 5.92 Å². The molecule has 0 radical (unpaired) electrons. The van der Waals surface area contributed by atoms with Crippen molar-refractivity contribution in [2.45, 2.75) is 38.0 Å². The van der Waals surface area contributed by atoms with E-state index in [0.717, 1.165) is 35.3 Å². The van der Waals surface area contributed by atoms with Crippen LogP contribution in [0.5, 0.6) is 0 Å². The fourth-order valence-corrected chi connectivity index (χ4v) is 6.81. The van der Waals surface area contributed by atoms with E-state index in [-0.39, 0.29) is 10.8 Å². The Morgan fingerprint density at radius 1 is 1.12 bits per heavy atom. The molecule has 0 bridgehead atoms. The lowest BCUT2D eigenvalue weighted by atomic mass is 10.0. The molecule has 1 amide bonds. The van der Waals surface area contributed by atoms with E-state index >= 15 is 0 Å². The van der Waals surface area contributed by atoms with Crippen LogP contribution in [0, 0.1) is 5.92 Å². The Balaban J connectivity index is 1.49. The lowest BCUT2D eigenvalue weighted by Crippen LogP contribution is -2.39. The Morgan fingerprint density at radius 3 is 2.50 bits per heavy atom. The predicted octanol–water partition coefficient (Wildman–Crippen LogP) is 5.65. The van der Waals surface area contributed by atoms with E-state index in [1.165, 1.54) is 11.3 Å². The fraction of sp³-hybridized carbons (Fsp3) is 0.320. The van der Waals surface area contributed by atoms with Crippen molar-refractivity contribution >= 4 is 33.0 Å². The lowest BCUT2D eigenvalue weighted by Gasteiger charge is -2.30. The molecule has 1 aliphatic heterocycles. The van der Waals surface area contributed by atoms with Crippen LogP contribution in [0.25, 0.3) is 10.4 Å². The van der Waals surface area contributed by atoms with Gasteiger partial charge in [0.2, 0.25) is 10.0 Å². The third-order valence-corrected chi connectivity index (χ3v) is 8.92. The second-order valence-corrected chi connectivity index (χ2v) is 11.3. The van der Waals surface area contributed by atoms with Crippen LogP contribution < -0.4 is 5.32 Å². The summed E-state index contributed by atoms with van der Waals surface area (Å²) in [6, 6.07) is 18.5. The van der Waals surface area contributed by atoms with Gasteiger partial charge in [0.15, 0.2) is 0 Å². The monoisotopic (exact) mass is 468 g/mol. The molecule has 168 valence electrons. The number of carbonyl (C=O) groups excluding carboxylic acids is 1. The molecule has 3 aromatic rings. The molecule has 1 unspecified atom stereocenters. The predicted molar refractivity (Wildman–Crippen MR) is 131 cm³/mol. The van der Waals surface area contributed by atoms with Crippen LogP contribution in [0.15, 0.2) is 65.6 Å². The van der Waals surface area contributed by atoms with Gasteiger partial charge in [-0.2, -0.15) is 4.31 Å². The van der Waals surface area contributed by atoms with Crippen molar-refractivity contribution in [3.63, 3.8) is 0 Å². The zero-order valence-electron chi connectivity index (χ0n) is 18.4. The first-order valence-electron chi connectivity index (χ1n) is 11.0. The first-order chi connectivity index (χ1) is 15.4. The molecule has 0 spiro atoms. The molecule has 2 aromatic carbocycles. The largest absolute Gasteiger partial charge is 0.321 e. The molecule has 5 nitrogen and oxygen atoms in total. The molecule has 1 saturated heterocycles. The van der Waals surface area contributed by atoms with Crippen LogP contribution in [0.1, 0.15) is 41.9 Å². The molecule has 2 heterocycles. The van der Waals surface area contributed by atoms with E-state index in [1.54, 1.807) is 28.6 Å². The topological polar surface area (TPSA) is 66.5 Å². The van der Waals surface area contributed by atoms with Gasteiger partial charge >= 0.3 is 0 Å². The fourth-order valence-electron chi connectivity index (χ4n) is 4.05. The summed E-state index contributed by atoms with van der Waals surface area (Å²) in [5.41, 5.74) is 2.83. The van der Waals surface area contributed by atoms with Crippen molar-refractivity contribution in [2.75, 3.05) is 18.4 Å². The van der Waals surface area contributed by atoms with Crippen LogP contribution in [0.4, 0.5) is 5.69 Å². The van der Waals surface area contributed by atoms with Crippen LogP contribution in [0.2, 0.25) is 0 Å². The van der Waals surface area contributed by atoms with Gasteiger partial charge < -0.3 is 5.32 Å². The van der Waals surface area contributed by atoms with Gasteiger partial charge in [0.1, 0.15) is 0 Å². The van der Waals surface area contributed by atoms with Crippen molar-refractivity contribution in [3.05, 3.63) is 71.1 Å². The second-order valence-electron chi connectivity index (χ2n) is 8.27. The number of nitrogens with one attached hydrogen (secondary N) is 1. The minimum absolute atomic E-state index is 0.188. The molecule has 32 heavy (non-hydrogen) atoms. The maximum absolute atomic E-state index is 12.9. The molecule has 7 heteroatoms. The third kappa shape index (κ3) is 4.80. The summed E-state index contributed by atoms with van der Waals surface area (Å²) in [6.07, 6.45) is 2.79. The van der Waals surface area contributed by atoms with Crippen molar-refractivity contribution < 1.29 is 13.2 Å². The summed E-state index contributed by atoms with van der Waals surface area (Å²) in [4.78, 5) is 14.9. The highest BCUT2D eigenvalue weighted by atomic mass is 32.2. The Morgan fingerprint density at radius 2 is 1.84 bits per heavy atom. The molecule has 0 saturated carbocycles. The van der Waals surface area contributed by atoms with Crippen molar-refractivity contribution in [1.29, 1.82) is 0 Å². The summed E-state index contributed by atoms with van der Waals surface area (Å²) in [7, 11) is -3.51. The smallest absolute Gasteiger partial charge is 0.265 e. The first-order valence-corrected chi connectivity index (χ1v) is 13.2. The Kier molecular flexibility index (Phi) is 6.79. The number of aryl methyl sites for hydroxylation is 1. The maximum atomic E-state index is 12.9. The van der Waals surface area contributed by atoms with Crippen LogP contribution in [-0.4, -0.2) is 31.7 Å². The molecular formula is C25H28N2O3S2. The minimum atomic E-state index is -3.51. The van der Waals surface area contributed by atoms with E-state index in [0.29, 0.717) is 29.6 Å². The highest BCUT2D eigenvalue weighted by molar-refractivity contribution is 7.89. The highest BCUT2D eigenvalue weighted by Crippen LogP contribution is 2.33. The van der Waals surface area contributed by atoms with Gasteiger partial charge in [-0.05, 0) is 66.6 Å². The summed E-state index contributed by atoms with van der Waals surface area (Å²) >= 11 is 1.48. The Labute approximate surface area is 194 Å². The first kappa shape index (κ1) is 22.7. The lowest BCUT2D eigenvalue weighted by molar-refractivity contribution is 0.103. The molecule has 1 aromatic heterocycles. The van der Waals surface area contributed by atoms with Crippen molar-refractivity contribution in [1.82, 2.24) is 4.31 Å². The second kappa shape index (κ2) is 9.57. The number of anilines is 1. The zero-order chi connectivity index (χ0) is 22.7. The SMILES string of the molecule is CCc1cc(C(=O)Nc2ccc(S(=O)(=O)N3CCCC(C)C3)cc2)sc1-c1ccccc1. The van der Waals surface area contributed by atoms with Gasteiger partial charge in [0.05, 0.1) is 9.77 Å². The summed E-state index contributed by atoms with van der Waals surface area (Å²) in [5.74, 6) is 0.184. The summed E-state index contributed by atoms with van der Waals surface area (Å²) < 4.78 is 27.4. The van der Waals surface area contributed by atoms with Gasteiger partial charge in [-0.25, -0.2) is 8.42 Å². The van der Waals surface area contributed by atoms with Gasteiger partial charge in [-0.1, -0.05) is 44.2 Å². The molecule has 4 rings (SSSR count). The van der Waals surface area contributed by atoms with E-state index in [2.05, 4.69) is 31.3 Å². The molecule has 1 atom stereocenters. The number of carbonyl (C=O) groups is 1. The van der Waals surface area contributed by atoms with Gasteiger partial charge in [0.25, 0.3) is 5.91 Å². The van der Waals surface area contributed by atoms with E-state index in [1.807, 2.05) is 24.3 Å². The Hall–Kier alpha value is -2.48. The number of rotatable bonds is 6. The van der Waals surface area contributed by atoms with Crippen LogP contribution in [0.3, 0.4) is 0 Å². The maximum Gasteiger partial charge on any atom is 0.265 e. The molecule has 1 N–H and O–H groups in total. The number of benzene rings is 2. The zero-order valence-corrected chi connectivity index (χ0v) is 20.0. The van der Waals surface area contributed by atoms with Crippen LogP contribution in [-0.2, 0) is 16.4 Å². The number of piperidine rings is 1. The quantitative estimate of drug-likeness (QED) is 0.508. The average Bonchev–Trinajstić information content (AvgIpc) is 3.25. The number of nitrogens with zero attached hydrogens (tertiary/aromatic N) is 1. The summed E-state index contributed by atoms with van der Waals surface area (Å²) in [6.45, 7) is 5.28. The van der Waals surface area contributed by atoms with E-state index in [9.17, 15) is 13.2 Å². The standard InChI is InChI=1S/C25H28N2O3S2/c1-3-19-16-23(31-24(19)20-9-5-4-6-10-20)25(28)26-21-11-13-22(14-12-21)32(29,30)27-15-7-8-18(2)17-27/h4-6,9-14,16,18H,3,7-8,15,17H2,1-2H3,(H,26,28). The highest BCUT2D eigenvalue weighted by Gasteiger charge is 2.28. The van der Waals surface area contributed by atoms with Crippen LogP contribution >= 0.6 is 11.3 Å². The van der Waals surface area contributed by atoms with E-state index in [4.69, 9.17) is 0 Å². The van der Waals surface area contributed by atoms with Gasteiger partial charge in [-0.3, -0.25) is 4.79 Å². The molecule has 1 fully saturated rings. The molecule has 1 aliphatic rings. The van der Waals surface area contributed by atoms with E-state index < -0.39 is 10.0 Å². The Bertz CT molecular complexity index is 1190. The van der Waals surface area contributed by atoms with Crippen molar-refractivity contribution in [3.8, 4) is 10.4 Å². The number of hydrogen-bond acceptors (Lipinski definition) is 4. The number of sulfonamides is 1. The average molecular weight is 469 g/mol. The normalized spacial score (nSPS) is 17.2. The third-order valence-electron chi connectivity index (χ3n) is 5.82. The molecule has 0 aliphatic carbocycles. The summed E-state index contributed by atoms with van der Waals surface area (Å²) in [5, 5.41) is 2.90. The number of amides is 1. The molecular weight excluding hydrogens is 440 g/mol.